The summed E-state index contributed by atoms with van der Waals surface area (Å²) < 4.78 is 5.49. The van der Waals surface area contributed by atoms with Gasteiger partial charge >= 0.3 is 0 Å². The molecule has 0 aliphatic rings. The van der Waals surface area contributed by atoms with Crippen LogP contribution in [0.5, 0.6) is 0 Å². The molecule has 0 saturated heterocycles. The maximum absolute atomic E-state index is 11.0. The van der Waals surface area contributed by atoms with Gasteiger partial charge in [0.25, 0.3) is 5.69 Å². The zero-order chi connectivity index (χ0) is 12.6. The van der Waals surface area contributed by atoms with Crippen molar-refractivity contribution in [2.75, 3.05) is 0 Å². The molecular weight excluding hydrogens is 333 g/mol. The molecule has 0 amide bonds. The Morgan fingerprint density at radius 1 is 1.41 bits per heavy atom. The molecule has 0 radical (unpaired) electrons. The number of nitro benzene ring substituents is 1. The molecule has 88 valence electrons. The Morgan fingerprint density at radius 2 is 2.12 bits per heavy atom. The SMILES string of the molecule is O=[N+]([O-])c1cc(Cl)c(Cl)c(Br)c1-c1ccco1. The predicted molar refractivity (Wildman–Crippen MR) is 68.5 cm³/mol. The molecule has 0 atom stereocenters. The lowest BCUT2D eigenvalue weighted by Gasteiger charge is -2.06. The lowest BCUT2D eigenvalue weighted by molar-refractivity contribution is -0.384. The van der Waals surface area contributed by atoms with E-state index < -0.39 is 4.92 Å². The molecule has 17 heavy (non-hydrogen) atoms. The normalized spacial score (nSPS) is 10.5. The number of hydrogen-bond acceptors (Lipinski definition) is 3. The second kappa shape index (κ2) is 4.68. The summed E-state index contributed by atoms with van der Waals surface area (Å²) in [6.45, 7) is 0. The molecular formula is C10H4BrCl2NO3. The van der Waals surface area contributed by atoms with E-state index in [1.54, 1.807) is 12.1 Å². The van der Waals surface area contributed by atoms with Crippen molar-refractivity contribution in [1.29, 1.82) is 0 Å². The highest BCUT2D eigenvalue weighted by atomic mass is 79.9. The van der Waals surface area contributed by atoms with E-state index >= 15 is 0 Å². The zero-order valence-electron chi connectivity index (χ0n) is 8.12. The number of halogens is 3. The highest BCUT2D eigenvalue weighted by Crippen LogP contribution is 2.44. The van der Waals surface area contributed by atoms with Crippen molar-refractivity contribution in [3.8, 4) is 11.3 Å². The molecule has 0 N–H and O–H groups in total. The Balaban J connectivity index is 2.80. The molecule has 2 rings (SSSR count). The van der Waals surface area contributed by atoms with Crippen LogP contribution in [0.15, 0.2) is 33.4 Å². The van der Waals surface area contributed by atoms with Crippen LogP contribution in [-0.4, -0.2) is 4.92 Å². The third-order valence-corrected chi connectivity index (χ3v) is 3.91. The van der Waals surface area contributed by atoms with Crippen LogP contribution in [0.1, 0.15) is 0 Å². The maximum atomic E-state index is 11.0. The molecule has 0 fully saturated rings. The van der Waals surface area contributed by atoms with Gasteiger partial charge in [-0.15, -0.1) is 0 Å². The van der Waals surface area contributed by atoms with Gasteiger partial charge in [0.1, 0.15) is 11.3 Å². The topological polar surface area (TPSA) is 56.3 Å². The van der Waals surface area contributed by atoms with Gasteiger partial charge < -0.3 is 4.42 Å². The highest BCUT2D eigenvalue weighted by Gasteiger charge is 2.24. The summed E-state index contributed by atoms with van der Waals surface area (Å²) in [4.78, 5) is 10.4. The lowest BCUT2D eigenvalue weighted by Crippen LogP contribution is -1.93. The number of hydrogen-bond donors (Lipinski definition) is 0. The second-order valence-corrected chi connectivity index (χ2v) is 4.69. The first-order valence-corrected chi connectivity index (χ1v) is 5.93. The molecule has 0 saturated carbocycles. The Bertz CT molecular complexity index is 584. The summed E-state index contributed by atoms with van der Waals surface area (Å²) in [7, 11) is 0. The largest absolute Gasteiger partial charge is 0.464 e. The quantitative estimate of drug-likeness (QED) is 0.444. The minimum absolute atomic E-state index is 0.112. The average Bonchev–Trinajstić information content (AvgIpc) is 2.78. The molecule has 7 heteroatoms. The Kier molecular flexibility index (Phi) is 3.42. The Hall–Kier alpha value is -1.04. The molecule has 0 unspecified atom stereocenters. The summed E-state index contributed by atoms with van der Waals surface area (Å²) in [6, 6.07) is 4.44. The van der Waals surface area contributed by atoms with Gasteiger partial charge in [-0.25, -0.2) is 0 Å². The van der Waals surface area contributed by atoms with Gasteiger partial charge in [0.05, 0.1) is 25.7 Å². The number of benzene rings is 1. The Morgan fingerprint density at radius 3 is 2.65 bits per heavy atom. The molecule has 0 aliphatic heterocycles. The molecule has 0 bridgehead atoms. The zero-order valence-corrected chi connectivity index (χ0v) is 11.2. The first-order valence-electron chi connectivity index (χ1n) is 4.38. The van der Waals surface area contributed by atoms with Gasteiger partial charge in [-0.1, -0.05) is 23.2 Å². The van der Waals surface area contributed by atoms with Crippen LogP contribution in [-0.2, 0) is 0 Å². The number of furan rings is 1. The van der Waals surface area contributed by atoms with E-state index in [2.05, 4.69) is 15.9 Å². The Labute approximate surface area is 114 Å². The van der Waals surface area contributed by atoms with Gasteiger partial charge in [-0.3, -0.25) is 10.1 Å². The fraction of sp³-hybridized carbons (Fsp3) is 0. The summed E-state index contributed by atoms with van der Waals surface area (Å²) in [5.41, 5.74) is 0.107. The highest BCUT2D eigenvalue weighted by molar-refractivity contribution is 9.10. The third kappa shape index (κ3) is 2.18. The summed E-state index contributed by atoms with van der Waals surface area (Å²) in [6.07, 6.45) is 1.42. The molecule has 0 aliphatic carbocycles. The van der Waals surface area contributed by atoms with Crippen molar-refractivity contribution < 1.29 is 9.34 Å². The molecule has 1 heterocycles. The number of rotatable bonds is 2. The van der Waals surface area contributed by atoms with E-state index in [0.29, 0.717) is 10.2 Å². The van der Waals surface area contributed by atoms with Gasteiger partial charge in [-0.05, 0) is 28.1 Å². The van der Waals surface area contributed by atoms with Gasteiger partial charge in [0.2, 0.25) is 0 Å². The van der Waals surface area contributed by atoms with Crippen LogP contribution in [0.2, 0.25) is 10.0 Å². The molecule has 2 aromatic rings. The standard InChI is InChI=1S/C10H4BrCl2NO3/c11-9-8(7-2-1-3-17-7)6(14(15)16)4-5(12)10(9)13/h1-4H. The smallest absolute Gasteiger partial charge is 0.283 e. The predicted octanol–water partition coefficient (Wildman–Crippen LogP) is 4.92. The first kappa shape index (κ1) is 12.4. The summed E-state index contributed by atoms with van der Waals surface area (Å²) in [5.74, 6) is 0.349. The van der Waals surface area contributed by atoms with Crippen LogP contribution in [0, 0.1) is 10.1 Å². The van der Waals surface area contributed by atoms with E-state index in [4.69, 9.17) is 27.6 Å². The van der Waals surface area contributed by atoms with E-state index in [0.717, 1.165) is 0 Å². The summed E-state index contributed by atoms with van der Waals surface area (Å²) >= 11 is 14.9. The maximum Gasteiger partial charge on any atom is 0.283 e. The van der Waals surface area contributed by atoms with Crippen LogP contribution < -0.4 is 0 Å². The van der Waals surface area contributed by atoms with Crippen LogP contribution in [0.4, 0.5) is 5.69 Å². The first-order chi connectivity index (χ1) is 8.02. The van der Waals surface area contributed by atoms with Crippen molar-refractivity contribution in [2.24, 2.45) is 0 Å². The van der Waals surface area contributed by atoms with Crippen LogP contribution in [0.25, 0.3) is 11.3 Å². The minimum atomic E-state index is -0.537. The molecule has 1 aromatic carbocycles. The molecule has 0 spiro atoms. The van der Waals surface area contributed by atoms with Crippen molar-refractivity contribution >= 4 is 44.8 Å². The van der Waals surface area contributed by atoms with Crippen molar-refractivity contribution in [3.63, 3.8) is 0 Å². The monoisotopic (exact) mass is 335 g/mol. The summed E-state index contributed by atoms with van der Waals surface area (Å²) in [5, 5.41) is 11.3. The van der Waals surface area contributed by atoms with E-state index in [1.807, 2.05) is 0 Å². The van der Waals surface area contributed by atoms with Crippen molar-refractivity contribution in [2.45, 2.75) is 0 Å². The number of nitrogens with zero attached hydrogens (tertiary/aromatic N) is 1. The van der Waals surface area contributed by atoms with Gasteiger partial charge in [0, 0.05) is 6.07 Å². The minimum Gasteiger partial charge on any atom is -0.464 e. The van der Waals surface area contributed by atoms with Gasteiger partial charge in [-0.2, -0.15) is 0 Å². The van der Waals surface area contributed by atoms with Crippen molar-refractivity contribution in [1.82, 2.24) is 0 Å². The van der Waals surface area contributed by atoms with Crippen LogP contribution in [0.3, 0.4) is 0 Å². The molecule has 4 nitrogen and oxygen atoms in total. The van der Waals surface area contributed by atoms with Crippen LogP contribution >= 0.6 is 39.1 Å². The van der Waals surface area contributed by atoms with E-state index in [9.17, 15) is 10.1 Å². The number of nitro groups is 1. The fourth-order valence-electron chi connectivity index (χ4n) is 1.38. The molecule has 1 aromatic heterocycles. The van der Waals surface area contributed by atoms with Gasteiger partial charge in [0.15, 0.2) is 0 Å². The van der Waals surface area contributed by atoms with E-state index in [1.165, 1.54) is 12.3 Å². The fourth-order valence-corrected chi connectivity index (χ4v) is 2.45. The van der Waals surface area contributed by atoms with Crippen molar-refractivity contribution in [3.05, 3.63) is 49.1 Å². The lowest BCUT2D eigenvalue weighted by atomic mass is 10.1. The van der Waals surface area contributed by atoms with E-state index in [-0.39, 0.29) is 21.3 Å². The average molecular weight is 337 g/mol. The third-order valence-electron chi connectivity index (χ3n) is 2.11. The second-order valence-electron chi connectivity index (χ2n) is 3.11.